The first kappa shape index (κ1) is 19.3. The fourth-order valence-electron chi connectivity index (χ4n) is 2.93. The standard InChI is InChI=1S/C23H22N2O3/c1-3-22(26)17-4-7-19(8-5-17)28-14-16-10-11-25-21(13-16)18-6-9-20(23(24)27)15(2)12-18/h4-13H,3,14H2,1-2H3,(H2,24,27). The first-order chi connectivity index (χ1) is 13.5. The number of carbonyl (C=O) groups is 2. The lowest BCUT2D eigenvalue weighted by molar-refractivity contribution is 0.0984. The molecule has 0 aliphatic rings. The first-order valence-corrected chi connectivity index (χ1v) is 9.09. The summed E-state index contributed by atoms with van der Waals surface area (Å²) in [5.41, 5.74) is 10.1. The zero-order valence-corrected chi connectivity index (χ0v) is 15.9. The topological polar surface area (TPSA) is 82.3 Å². The summed E-state index contributed by atoms with van der Waals surface area (Å²) in [5, 5.41) is 0. The van der Waals surface area contributed by atoms with Crippen LogP contribution in [0.5, 0.6) is 5.75 Å². The van der Waals surface area contributed by atoms with Crippen LogP contribution in [-0.2, 0) is 6.61 Å². The Bertz CT molecular complexity index is 1010. The molecule has 5 heteroatoms. The van der Waals surface area contributed by atoms with E-state index in [-0.39, 0.29) is 5.78 Å². The van der Waals surface area contributed by atoms with Crippen molar-refractivity contribution in [1.29, 1.82) is 0 Å². The van der Waals surface area contributed by atoms with Crippen LogP contribution in [0.4, 0.5) is 0 Å². The molecule has 5 nitrogen and oxygen atoms in total. The summed E-state index contributed by atoms with van der Waals surface area (Å²) >= 11 is 0. The quantitative estimate of drug-likeness (QED) is 0.624. The Morgan fingerprint density at radius 1 is 1.04 bits per heavy atom. The van der Waals surface area contributed by atoms with Gasteiger partial charge in [0, 0.05) is 29.3 Å². The summed E-state index contributed by atoms with van der Waals surface area (Å²) < 4.78 is 5.83. The number of aryl methyl sites for hydroxylation is 1. The van der Waals surface area contributed by atoms with E-state index in [4.69, 9.17) is 10.5 Å². The van der Waals surface area contributed by atoms with Crippen LogP contribution in [0.25, 0.3) is 11.3 Å². The van der Waals surface area contributed by atoms with Crippen LogP contribution in [0, 0.1) is 6.92 Å². The van der Waals surface area contributed by atoms with E-state index in [0.29, 0.717) is 29.9 Å². The van der Waals surface area contributed by atoms with Gasteiger partial charge in [-0.3, -0.25) is 14.6 Å². The van der Waals surface area contributed by atoms with Gasteiger partial charge in [-0.05, 0) is 66.6 Å². The molecule has 28 heavy (non-hydrogen) atoms. The van der Waals surface area contributed by atoms with E-state index in [0.717, 1.165) is 22.4 Å². The molecule has 0 unspecified atom stereocenters. The molecule has 0 aliphatic heterocycles. The molecule has 2 aromatic carbocycles. The predicted molar refractivity (Wildman–Crippen MR) is 108 cm³/mol. The van der Waals surface area contributed by atoms with Crippen LogP contribution in [0.15, 0.2) is 60.8 Å². The maximum absolute atomic E-state index is 11.7. The molecule has 0 radical (unpaired) electrons. The smallest absolute Gasteiger partial charge is 0.248 e. The Hall–Kier alpha value is -3.47. The van der Waals surface area contributed by atoms with Crippen LogP contribution >= 0.6 is 0 Å². The number of Topliss-reactive ketones (excluding diaryl/α,β-unsaturated/α-hetero) is 1. The van der Waals surface area contributed by atoms with Gasteiger partial charge in [-0.2, -0.15) is 0 Å². The third kappa shape index (κ3) is 4.43. The fourth-order valence-corrected chi connectivity index (χ4v) is 2.93. The van der Waals surface area contributed by atoms with Crippen LogP contribution in [0.3, 0.4) is 0 Å². The van der Waals surface area contributed by atoms with E-state index in [1.54, 1.807) is 36.5 Å². The normalized spacial score (nSPS) is 10.5. The number of aromatic nitrogens is 1. The van der Waals surface area contributed by atoms with E-state index < -0.39 is 5.91 Å². The molecule has 0 saturated carbocycles. The second-order valence-corrected chi connectivity index (χ2v) is 6.53. The number of hydrogen-bond donors (Lipinski definition) is 1. The average molecular weight is 374 g/mol. The molecule has 3 aromatic rings. The molecule has 0 spiro atoms. The number of benzene rings is 2. The van der Waals surface area contributed by atoms with Gasteiger partial charge in [0.1, 0.15) is 12.4 Å². The van der Waals surface area contributed by atoms with Gasteiger partial charge in [0.05, 0.1) is 5.69 Å². The van der Waals surface area contributed by atoms with Crippen molar-refractivity contribution >= 4 is 11.7 Å². The minimum atomic E-state index is -0.439. The second kappa shape index (κ2) is 8.48. The summed E-state index contributed by atoms with van der Waals surface area (Å²) in [5.74, 6) is 0.376. The summed E-state index contributed by atoms with van der Waals surface area (Å²) in [6.45, 7) is 4.08. The molecule has 0 bridgehead atoms. The third-order valence-corrected chi connectivity index (χ3v) is 4.51. The van der Waals surface area contributed by atoms with Gasteiger partial charge in [0.2, 0.25) is 5.91 Å². The number of hydrogen-bond acceptors (Lipinski definition) is 4. The summed E-state index contributed by atoms with van der Waals surface area (Å²) in [7, 11) is 0. The van der Waals surface area contributed by atoms with Gasteiger partial charge in [-0.25, -0.2) is 0 Å². The molecule has 3 rings (SSSR count). The maximum atomic E-state index is 11.7. The summed E-state index contributed by atoms with van der Waals surface area (Å²) in [4.78, 5) is 27.5. The lowest BCUT2D eigenvalue weighted by Crippen LogP contribution is -2.12. The Morgan fingerprint density at radius 2 is 1.79 bits per heavy atom. The third-order valence-electron chi connectivity index (χ3n) is 4.51. The number of rotatable bonds is 7. The summed E-state index contributed by atoms with van der Waals surface area (Å²) in [6.07, 6.45) is 2.22. The minimum Gasteiger partial charge on any atom is -0.489 e. The highest BCUT2D eigenvalue weighted by molar-refractivity contribution is 5.96. The highest BCUT2D eigenvalue weighted by Crippen LogP contribution is 2.22. The van der Waals surface area contributed by atoms with Gasteiger partial charge < -0.3 is 10.5 Å². The molecule has 0 atom stereocenters. The Balaban J connectivity index is 1.72. The molecular formula is C23H22N2O3. The monoisotopic (exact) mass is 374 g/mol. The van der Waals surface area contributed by atoms with Gasteiger partial charge in [0.15, 0.2) is 5.78 Å². The number of ketones is 1. The first-order valence-electron chi connectivity index (χ1n) is 9.09. The zero-order valence-electron chi connectivity index (χ0n) is 15.9. The molecule has 1 amide bonds. The molecule has 0 saturated heterocycles. The minimum absolute atomic E-state index is 0.114. The molecule has 142 valence electrons. The number of carbonyl (C=O) groups excluding carboxylic acids is 2. The van der Waals surface area contributed by atoms with E-state index in [2.05, 4.69) is 4.98 Å². The highest BCUT2D eigenvalue weighted by atomic mass is 16.5. The van der Waals surface area contributed by atoms with E-state index in [9.17, 15) is 9.59 Å². The Morgan fingerprint density at radius 3 is 2.43 bits per heavy atom. The molecular weight excluding hydrogens is 352 g/mol. The maximum Gasteiger partial charge on any atom is 0.248 e. The number of pyridine rings is 1. The van der Waals surface area contributed by atoms with Crippen molar-refractivity contribution in [3.8, 4) is 17.0 Å². The van der Waals surface area contributed by atoms with Crippen LogP contribution < -0.4 is 10.5 Å². The lowest BCUT2D eigenvalue weighted by Gasteiger charge is -2.09. The number of nitrogens with zero attached hydrogens (tertiary/aromatic N) is 1. The number of amides is 1. The van der Waals surface area contributed by atoms with Crippen LogP contribution in [0.1, 0.15) is 45.2 Å². The Labute approximate surface area is 164 Å². The van der Waals surface area contributed by atoms with Crippen molar-refractivity contribution in [3.05, 3.63) is 83.0 Å². The average Bonchev–Trinajstić information content (AvgIpc) is 2.72. The SMILES string of the molecule is CCC(=O)c1ccc(OCc2ccnc(-c3ccc(C(N)=O)c(C)c3)c2)cc1. The van der Waals surface area contributed by atoms with Gasteiger partial charge in [-0.15, -0.1) is 0 Å². The van der Waals surface area contributed by atoms with Crippen molar-refractivity contribution in [1.82, 2.24) is 4.98 Å². The van der Waals surface area contributed by atoms with Gasteiger partial charge >= 0.3 is 0 Å². The fraction of sp³-hybridized carbons (Fsp3) is 0.174. The zero-order chi connectivity index (χ0) is 20.1. The largest absolute Gasteiger partial charge is 0.489 e. The second-order valence-electron chi connectivity index (χ2n) is 6.53. The van der Waals surface area contributed by atoms with Crippen molar-refractivity contribution in [2.45, 2.75) is 26.9 Å². The van der Waals surface area contributed by atoms with Crippen molar-refractivity contribution in [2.24, 2.45) is 5.73 Å². The van der Waals surface area contributed by atoms with Crippen LogP contribution in [0.2, 0.25) is 0 Å². The summed E-state index contributed by atoms with van der Waals surface area (Å²) in [6, 6.07) is 16.5. The van der Waals surface area contributed by atoms with E-state index in [1.807, 2.05) is 38.1 Å². The lowest BCUT2D eigenvalue weighted by atomic mass is 10.0. The molecule has 1 heterocycles. The van der Waals surface area contributed by atoms with Gasteiger partial charge in [0.25, 0.3) is 0 Å². The van der Waals surface area contributed by atoms with Crippen molar-refractivity contribution in [2.75, 3.05) is 0 Å². The number of nitrogens with two attached hydrogens (primary N) is 1. The predicted octanol–water partition coefficient (Wildman–Crippen LogP) is 4.33. The number of ether oxygens (including phenoxy) is 1. The molecule has 2 N–H and O–H groups in total. The van der Waals surface area contributed by atoms with E-state index in [1.165, 1.54) is 0 Å². The van der Waals surface area contributed by atoms with Crippen molar-refractivity contribution in [3.63, 3.8) is 0 Å². The van der Waals surface area contributed by atoms with Gasteiger partial charge in [-0.1, -0.05) is 13.0 Å². The van der Waals surface area contributed by atoms with E-state index >= 15 is 0 Å². The molecule has 1 aromatic heterocycles. The Kier molecular flexibility index (Phi) is 5.84. The molecule has 0 aliphatic carbocycles. The highest BCUT2D eigenvalue weighted by Gasteiger charge is 2.08. The molecule has 0 fully saturated rings. The van der Waals surface area contributed by atoms with Crippen molar-refractivity contribution < 1.29 is 14.3 Å². The number of primary amides is 1. The van der Waals surface area contributed by atoms with Crippen LogP contribution in [-0.4, -0.2) is 16.7 Å².